The molecule has 0 radical (unpaired) electrons. The molecule has 0 fully saturated rings. The number of nitrogens with two attached hydrogens (primary N) is 1. The van der Waals surface area contributed by atoms with E-state index in [1.165, 1.54) is 0 Å². The first kappa shape index (κ1) is 28.2. The lowest BCUT2D eigenvalue weighted by Gasteiger charge is -2.28. The summed E-state index contributed by atoms with van der Waals surface area (Å²) in [7, 11) is 0. The molecule has 0 saturated heterocycles. The summed E-state index contributed by atoms with van der Waals surface area (Å²) < 4.78 is 0. The van der Waals surface area contributed by atoms with E-state index in [0.29, 0.717) is 0 Å². The Balaban J connectivity index is 5.31. The second kappa shape index (κ2) is 12.8. The molecule has 0 heterocycles. The minimum atomic E-state index is -1.72. The van der Waals surface area contributed by atoms with Gasteiger partial charge in [-0.15, -0.1) is 0 Å². The maximum atomic E-state index is 12.5. The third-order valence-corrected chi connectivity index (χ3v) is 4.18. The number of amides is 3. The lowest BCUT2D eigenvalue weighted by molar-refractivity contribution is -0.146. The molecule has 0 saturated carbocycles. The molecule has 0 rings (SSSR count). The average Bonchev–Trinajstić information content (AvgIpc) is 2.64. The zero-order valence-electron chi connectivity index (χ0n) is 17.3. The van der Waals surface area contributed by atoms with Crippen molar-refractivity contribution in [3.05, 3.63) is 0 Å². The van der Waals surface area contributed by atoms with Crippen molar-refractivity contribution in [3.8, 4) is 0 Å². The van der Waals surface area contributed by atoms with E-state index in [9.17, 15) is 39.3 Å². The molecule has 0 aromatic carbocycles. The first-order valence-electron chi connectivity index (χ1n) is 9.34. The van der Waals surface area contributed by atoms with Crippen LogP contribution >= 0.6 is 0 Å². The Labute approximate surface area is 177 Å². The molecule has 3 amide bonds. The van der Waals surface area contributed by atoms with Gasteiger partial charge in [0.1, 0.15) is 12.1 Å². The highest BCUT2D eigenvalue weighted by Gasteiger charge is 2.35. The van der Waals surface area contributed by atoms with Gasteiger partial charge in [-0.05, 0) is 27.2 Å². The zero-order chi connectivity index (χ0) is 24.5. The number of carboxylic acid groups (broad SMARTS) is 2. The molecule has 0 aliphatic carbocycles. The number of aliphatic carboxylic acids is 2. The standard InChI is InChI=1S/C17H30N4O10/c1-6(22)11(19-14(27)9(18)4-5-10(25)26)15(28)20-12(7(2)23)16(29)21-13(8(3)24)17(30)31/h6-9,11-13,22-24H,4-5,18H2,1-3H3,(H,19,27)(H,20,28)(H,21,29)(H,25,26)(H,30,31). The van der Waals surface area contributed by atoms with E-state index in [0.717, 1.165) is 20.8 Å². The molecule has 178 valence electrons. The Kier molecular flexibility index (Phi) is 11.6. The Hall–Kier alpha value is -2.81. The van der Waals surface area contributed by atoms with Crippen LogP contribution in [0.4, 0.5) is 0 Å². The van der Waals surface area contributed by atoms with Gasteiger partial charge in [-0.2, -0.15) is 0 Å². The highest BCUT2D eigenvalue weighted by Crippen LogP contribution is 2.03. The number of hydrogen-bond donors (Lipinski definition) is 9. The lowest BCUT2D eigenvalue weighted by Crippen LogP contribution is -2.62. The molecule has 0 aromatic heterocycles. The van der Waals surface area contributed by atoms with Crippen molar-refractivity contribution in [1.82, 2.24) is 16.0 Å². The Morgan fingerprint density at radius 3 is 1.39 bits per heavy atom. The van der Waals surface area contributed by atoms with Crippen molar-refractivity contribution in [2.45, 2.75) is 76.1 Å². The van der Waals surface area contributed by atoms with Crippen molar-refractivity contribution in [1.29, 1.82) is 0 Å². The summed E-state index contributed by atoms with van der Waals surface area (Å²) in [4.78, 5) is 58.6. The second-order valence-electron chi connectivity index (χ2n) is 7.06. The molecule has 7 unspecified atom stereocenters. The first-order valence-corrected chi connectivity index (χ1v) is 9.34. The fourth-order valence-corrected chi connectivity index (χ4v) is 2.36. The third kappa shape index (κ3) is 9.69. The Morgan fingerprint density at radius 1 is 0.710 bits per heavy atom. The van der Waals surface area contributed by atoms with Gasteiger partial charge in [0.25, 0.3) is 0 Å². The molecule has 0 bridgehead atoms. The van der Waals surface area contributed by atoms with Crippen molar-refractivity contribution >= 4 is 29.7 Å². The van der Waals surface area contributed by atoms with Crippen LogP contribution in [0.3, 0.4) is 0 Å². The van der Waals surface area contributed by atoms with Crippen molar-refractivity contribution in [2.24, 2.45) is 5.73 Å². The fourth-order valence-electron chi connectivity index (χ4n) is 2.36. The van der Waals surface area contributed by atoms with Crippen LogP contribution in [0.15, 0.2) is 0 Å². The van der Waals surface area contributed by atoms with Gasteiger partial charge in [0.2, 0.25) is 17.7 Å². The lowest BCUT2D eigenvalue weighted by atomic mass is 10.1. The van der Waals surface area contributed by atoms with Crippen LogP contribution in [-0.2, 0) is 24.0 Å². The zero-order valence-corrected chi connectivity index (χ0v) is 17.3. The van der Waals surface area contributed by atoms with Crippen molar-refractivity contribution in [3.63, 3.8) is 0 Å². The molecule has 7 atom stereocenters. The number of carbonyl (C=O) groups is 5. The largest absolute Gasteiger partial charge is 0.481 e. The second-order valence-corrected chi connectivity index (χ2v) is 7.06. The molecule has 0 spiro atoms. The summed E-state index contributed by atoms with van der Waals surface area (Å²) in [5, 5.41) is 53.0. The molecule has 31 heavy (non-hydrogen) atoms. The van der Waals surface area contributed by atoms with Crippen molar-refractivity contribution in [2.75, 3.05) is 0 Å². The van der Waals surface area contributed by atoms with Gasteiger partial charge in [0, 0.05) is 6.42 Å². The SMILES string of the molecule is CC(O)C(NC(=O)C(NC(=O)C(NC(=O)C(N)CCC(=O)O)C(C)O)C(C)O)C(=O)O. The van der Waals surface area contributed by atoms with Gasteiger partial charge < -0.3 is 47.2 Å². The summed E-state index contributed by atoms with van der Waals surface area (Å²) in [5.74, 6) is -5.90. The van der Waals surface area contributed by atoms with E-state index in [1.54, 1.807) is 0 Å². The monoisotopic (exact) mass is 450 g/mol. The van der Waals surface area contributed by atoms with E-state index in [-0.39, 0.29) is 6.42 Å². The van der Waals surface area contributed by atoms with Crippen molar-refractivity contribution < 1.29 is 49.5 Å². The number of hydrogen-bond acceptors (Lipinski definition) is 9. The maximum Gasteiger partial charge on any atom is 0.328 e. The highest BCUT2D eigenvalue weighted by atomic mass is 16.4. The minimum Gasteiger partial charge on any atom is -0.481 e. The summed E-state index contributed by atoms with van der Waals surface area (Å²) >= 11 is 0. The molecule has 0 aromatic rings. The topological polar surface area (TPSA) is 249 Å². The van der Waals surface area contributed by atoms with Gasteiger partial charge in [0.15, 0.2) is 6.04 Å². The number of carbonyl (C=O) groups excluding carboxylic acids is 3. The Morgan fingerprint density at radius 2 is 1.06 bits per heavy atom. The summed E-state index contributed by atoms with van der Waals surface area (Å²) in [5.41, 5.74) is 5.55. The molecule has 10 N–H and O–H groups in total. The number of aliphatic hydroxyl groups is 3. The number of nitrogens with one attached hydrogen (secondary N) is 3. The van der Waals surface area contributed by atoms with E-state index in [1.807, 2.05) is 5.32 Å². The van der Waals surface area contributed by atoms with Gasteiger partial charge in [-0.1, -0.05) is 0 Å². The summed E-state index contributed by atoms with van der Waals surface area (Å²) in [6.45, 7) is 3.39. The van der Waals surface area contributed by atoms with Crippen LogP contribution in [-0.4, -0.2) is 97.7 Å². The maximum absolute atomic E-state index is 12.5. The average molecular weight is 450 g/mol. The minimum absolute atomic E-state index is 0.232. The highest BCUT2D eigenvalue weighted by molar-refractivity contribution is 5.94. The molecule has 14 nitrogen and oxygen atoms in total. The normalized spacial score (nSPS) is 17.8. The molecular weight excluding hydrogens is 420 g/mol. The van der Waals surface area contributed by atoms with Gasteiger partial charge in [-0.25, -0.2) is 4.79 Å². The molecule has 0 aliphatic heterocycles. The predicted octanol–water partition coefficient (Wildman–Crippen LogP) is -4.14. The van der Waals surface area contributed by atoms with Crippen LogP contribution in [0.2, 0.25) is 0 Å². The van der Waals surface area contributed by atoms with Crippen LogP contribution in [0.25, 0.3) is 0 Å². The predicted molar refractivity (Wildman–Crippen MR) is 103 cm³/mol. The van der Waals surface area contributed by atoms with Crippen LogP contribution in [0.5, 0.6) is 0 Å². The quantitative estimate of drug-likeness (QED) is 0.130. The van der Waals surface area contributed by atoms with Crippen LogP contribution in [0, 0.1) is 0 Å². The summed E-state index contributed by atoms with van der Waals surface area (Å²) in [6, 6.07) is -6.31. The molecular formula is C17H30N4O10. The Bertz CT molecular complexity index is 667. The van der Waals surface area contributed by atoms with E-state index >= 15 is 0 Å². The third-order valence-electron chi connectivity index (χ3n) is 4.18. The number of carboxylic acids is 2. The smallest absolute Gasteiger partial charge is 0.328 e. The van der Waals surface area contributed by atoms with Gasteiger partial charge >= 0.3 is 11.9 Å². The first-order chi connectivity index (χ1) is 14.2. The summed E-state index contributed by atoms with van der Waals surface area (Å²) in [6.07, 6.45) is -5.11. The van der Waals surface area contributed by atoms with Gasteiger partial charge in [0.05, 0.1) is 24.4 Å². The van der Waals surface area contributed by atoms with E-state index in [2.05, 4.69) is 10.6 Å². The molecule has 0 aliphatic rings. The fraction of sp³-hybridized carbons (Fsp3) is 0.706. The van der Waals surface area contributed by atoms with Crippen LogP contribution in [0.1, 0.15) is 33.6 Å². The van der Waals surface area contributed by atoms with E-state index in [4.69, 9.17) is 15.9 Å². The van der Waals surface area contributed by atoms with Crippen LogP contribution < -0.4 is 21.7 Å². The number of aliphatic hydroxyl groups excluding tert-OH is 3. The number of rotatable bonds is 13. The van der Waals surface area contributed by atoms with Gasteiger partial charge in [-0.3, -0.25) is 19.2 Å². The molecule has 14 heteroatoms. The van der Waals surface area contributed by atoms with E-state index < -0.39 is 78.6 Å².